The molecule has 0 spiro atoms. The molecule has 1 aliphatic rings. The summed E-state index contributed by atoms with van der Waals surface area (Å²) < 4.78 is 5.09. The topological polar surface area (TPSA) is 8.17 Å². The van der Waals surface area contributed by atoms with Crippen LogP contribution in [0.4, 0.5) is 17.1 Å². The second kappa shape index (κ2) is 12.5. The summed E-state index contributed by atoms with van der Waals surface area (Å²) in [5, 5.41) is 7.63. The van der Waals surface area contributed by atoms with Gasteiger partial charge in [-0.15, -0.1) is 11.3 Å². The van der Waals surface area contributed by atoms with Crippen LogP contribution in [0.15, 0.2) is 194 Å². The maximum absolute atomic E-state index is 2.48. The number of hydrogen-bond acceptors (Lipinski definition) is 2. The molecule has 2 aromatic heterocycles. The van der Waals surface area contributed by atoms with Crippen LogP contribution in [0, 0.1) is 0 Å². The first kappa shape index (κ1) is 33.2. The first-order chi connectivity index (χ1) is 28.5. The highest BCUT2D eigenvalue weighted by atomic mass is 32.1. The molecule has 274 valence electrons. The van der Waals surface area contributed by atoms with E-state index < -0.39 is 0 Å². The van der Waals surface area contributed by atoms with Crippen LogP contribution in [0.2, 0.25) is 0 Å². The minimum atomic E-state index is -0.0851. The largest absolute Gasteiger partial charge is 0.310 e. The van der Waals surface area contributed by atoms with Gasteiger partial charge in [0.2, 0.25) is 0 Å². The van der Waals surface area contributed by atoms with E-state index >= 15 is 0 Å². The van der Waals surface area contributed by atoms with Crippen molar-refractivity contribution in [2.45, 2.75) is 19.3 Å². The highest BCUT2D eigenvalue weighted by Crippen LogP contribution is 2.51. The van der Waals surface area contributed by atoms with Crippen LogP contribution in [0.1, 0.15) is 25.0 Å². The molecule has 9 aromatic carbocycles. The van der Waals surface area contributed by atoms with Crippen molar-refractivity contribution in [3.63, 3.8) is 0 Å². The average Bonchev–Trinajstić information content (AvgIpc) is 3.88. The Labute approximate surface area is 341 Å². The van der Waals surface area contributed by atoms with Crippen molar-refractivity contribution in [1.82, 2.24) is 4.57 Å². The summed E-state index contributed by atoms with van der Waals surface area (Å²) in [6, 6.07) is 71.9. The standard InChI is InChI=1S/C55H38N2S/c1-55(2)49-21-11-8-18-42(49)43-29-28-40(34-50(43)55)56(38-16-4-3-5-17-38)39-26-24-35(25-27-39)46-32-41(33-48-45-20-10-13-23-53(45)58-54(46)48)57-51-22-12-9-19-44(51)47-30-36-14-6-7-15-37(36)31-52(47)57/h3-34H,1-2H3. The Hall–Kier alpha value is -6.94. The SMILES string of the molecule is CC1(C)c2ccccc2-c2ccc(N(c3ccccc3)c3ccc(-c4cc(-n5c6ccccc6c6cc7ccccc7cc65)cc5c4sc4ccccc45)cc3)cc21. The third kappa shape index (κ3) is 4.90. The molecule has 0 amide bonds. The Morgan fingerprint density at radius 3 is 1.93 bits per heavy atom. The van der Waals surface area contributed by atoms with Gasteiger partial charge in [-0.05, 0) is 111 Å². The van der Waals surface area contributed by atoms with E-state index in [0.29, 0.717) is 0 Å². The molecule has 0 N–H and O–H groups in total. The van der Waals surface area contributed by atoms with Gasteiger partial charge in [-0.25, -0.2) is 0 Å². The Morgan fingerprint density at radius 2 is 1.09 bits per heavy atom. The van der Waals surface area contributed by atoms with Crippen molar-refractivity contribution in [2.75, 3.05) is 4.90 Å². The van der Waals surface area contributed by atoms with E-state index in [2.05, 4.69) is 217 Å². The maximum Gasteiger partial charge on any atom is 0.0547 e. The molecule has 0 aliphatic heterocycles. The summed E-state index contributed by atoms with van der Waals surface area (Å²) >= 11 is 1.89. The third-order valence-electron chi connectivity index (χ3n) is 12.5. The molecule has 11 aromatic rings. The van der Waals surface area contributed by atoms with Gasteiger partial charge in [0.05, 0.1) is 11.0 Å². The normalized spacial score (nSPS) is 13.1. The molecule has 2 nitrogen and oxygen atoms in total. The highest BCUT2D eigenvalue weighted by molar-refractivity contribution is 7.26. The molecule has 0 atom stereocenters. The van der Waals surface area contributed by atoms with Gasteiger partial charge in [-0.3, -0.25) is 0 Å². The Kier molecular flexibility index (Phi) is 7.18. The minimum absolute atomic E-state index is 0.0851. The summed E-state index contributed by atoms with van der Waals surface area (Å²) in [6.45, 7) is 4.71. The molecule has 58 heavy (non-hydrogen) atoms. The molecule has 2 heterocycles. The number of hydrogen-bond donors (Lipinski definition) is 0. The summed E-state index contributed by atoms with van der Waals surface area (Å²) in [6.07, 6.45) is 0. The summed E-state index contributed by atoms with van der Waals surface area (Å²) in [4.78, 5) is 2.40. The molecule has 0 unspecified atom stereocenters. The molecule has 1 aliphatic carbocycles. The molecule has 3 heteroatoms. The fourth-order valence-electron chi connectivity index (χ4n) is 9.73. The predicted octanol–water partition coefficient (Wildman–Crippen LogP) is 15.7. The Balaban J connectivity index is 1.04. The van der Waals surface area contributed by atoms with Gasteiger partial charge in [0, 0.05) is 64.7 Å². The van der Waals surface area contributed by atoms with Crippen LogP contribution in [0.25, 0.3) is 80.7 Å². The Bertz CT molecular complexity index is 3420. The molecule has 12 rings (SSSR count). The van der Waals surface area contributed by atoms with E-state index in [-0.39, 0.29) is 5.41 Å². The Morgan fingerprint density at radius 1 is 0.431 bits per heavy atom. The minimum Gasteiger partial charge on any atom is -0.310 e. The van der Waals surface area contributed by atoms with E-state index in [1.807, 2.05) is 11.3 Å². The number of aromatic nitrogens is 1. The second-order valence-corrected chi connectivity index (χ2v) is 17.2. The second-order valence-electron chi connectivity index (χ2n) is 16.2. The van der Waals surface area contributed by atoms with Crippen LogP contribution in [-0.4, -0.2) is 4.57 Å². The molecule has 0 saturated heterocycles. The summed E-state index contributed by atoms with van der Waals surface area (Å²) in [5.41, 5.74) is 14.8. The van der Waals surface area contributed by atoms with E-state index in [4.69, 9.17) is 0 Å². The summed E-state index contributed by atoms with van der Waals surface area (Å²) in [7, 11) is 0. The lowest BCUT2D eigenvalue weighted by Crippen LogP contribution is -2.16. The van der Waals surface area contributed by atoms with Gasteiger partial charge < -0.3 is 9.47 Å². The van der Waals surface area contributed by atoms with E-state index in [1.165, 1.54) is 91.8 Å². The summed E-state index contributed by atoms with van der Waals surface area (Å²) in [5.74, 6) is 0. The lowest BCUT2D eigenvalue weighted by molar-refractivity contribution is 0.660. The molecular weight excluding hydrogens is 721 g/mol. The van der Waals surface area contributed by atoms with Crippen molar-refractivity contribution in [3.8, 4) is 27.9 Å². The number of benzene rings is 9. The lowest BCUT2D eigenvalue weighted by atomic mass is 9.82. The van der Waals surface area contributed by atoms with Crippen LogP contribution < -0.4 is 4.90 Å². The molecule has 0 saturated carbocycles. The van der Waals surface area contributed by atoms with Crippen LogP contribution in [-0.2, 0) is 5.41 Å². The van der Waals surface area contributed by atoms with Gasteiger partial charge >= 0.3 is 0 Å². The van der Waals surface area contributed by atoms with Crippen molar-refractivity contribution in [3.05, 3.63) is 205 Å². The monoisotopic (exact) mass is 758 g/mol. The maximum atomic E-state index is 2.48. The van der Waals surface area contributed by atoms with Crippen molar-refractivity contribution in [2.24, 2.45) is 0 Å². The van der Waals surface area contributed by atoms with Crippen LogP contribution >= 0.6 is 11.3 Å². The lowest BCUT2D eigenvalue weighted by Gasteiger charge is -2.28. The van der Waals surface area contributed by atoms with Crippen LogP contribution in [0.5, 0.6) is 0 Å². The molecule has 0 radical (unpaired) electrons. The zero-order chi connectivity index (χ0) is 38.5. The fraction of sp³-hybridized carbons (Fsp3) is 0.0545. The van der Waals surface area contributed by atoms with E-state index in [1.54, 1.807) is 0 Å². The van der Waals surface area contributed by atoms with Gasteiger partial charge in [0.1, 0.15) is 0 Å². The number of nitrogens with zero attached hydrogens (tertiary/aromatic N) is 2. The van der Waals surface area contributed by atoms with Gasteiger partial charge in [0.25, 0.3) is 0 Å². The quantitative estimate of drug-likeness (QED) is 0.170. The number of rotatable bonds is 5. The number of anilines is 3. The number of thiophene rings is 1. The first-order valence-corrected chi connectivity index (χ1v) is 20.9. The van der Waals surface area contributed by atoms with E-state index in [9.17, 15) is 0 Å². The molecular formula is C55H38N2S. The smallest absolute Gasteiger partial charge is 0.0547 e. The van der Waals surface area contributed by atoms with Crippen molar-refractivity contribution in [1.29, 1.82) is 0 Å². The number of para-hydroxylation sites is 2. The molecule has 0 fully saturated rings. The zero-order valence-corrected chi connectivity index (χ0v) is 33.1. The molecule has 0 bridgehead atoms. The van der Waals surface area contributed by atoms with Gasteiger partial charge in [-0.2, -0.15) is 0 Å². The van der Waals surface area contributed by atoms with Gasteiger partial charge in [-0.1, -0.05) is 135 Å². The fourth-order valence-corrected chi connectivity index (χ4v) is 11.0. The van der Waals surface area contributed by atoms with Crippen molar-refractivity contribution < 1.29 is 0 Å². The predicted molar refractivity (Wildman–Crippen MR) is 249 cm³/mol. The highest BCUT2D eigenvalue weighted by Gasteiger charge is 2.35. The third-order valence-corrected chi connectivity index (χ3v) is 13.8. The first-order valence-electron chi connectivity index (χ1n) is 20.1. The number of fused-ring (bicyclic) bond motifs is 10. The van der Waals surface area contributed by atoms with Crippen LogP contribution in [0.3, 0.4) is 0 Å². The average molecular weight is 759 g/mol. The zero-order valence-electron chi connectivity index (χ0n) is 32.3. The van der Waals surface area contributed by atoms with Gasteiger partial charge in [0.15, 0.2) is 0 Å². The van der Waals surface area contributed by atoms with E-state index in [0.717, 1.165) is 17.1 Å². The van der Waals surface area contributed by atoms with Crippen molar-refractivity contribution >= 4 is 81.1 Å².